The molecule has 0 bridgehead atoms. The van der Waals surface area contributed by atoms with Gasteiger partial charge in [-0.25, -0.2) is 0 Å². The van der Waals surface area contributed by atoms with E-state index in [0.717, 1.165) is 13.0 Å². The molecule has 1 heterocycles. The van der Waals surface area contributed by atoms with Crippen molar-refractivity contribution in [3.05, 3.63) is 12.2 Å². The van der Waals surface area contributed by atoms with Crippen LogP contribution >= 0.6 is 0 Å². The molecule has 58 valence electrons. The van der Waals surface area contributed by atoms with Crippen molar-refractivity contribution in [3.8, 4) is 0 Å². The van der Waals surface area contributed by atoms with Gasteiger partial charge in [-0.15, -0.1) is 0 Å². The summed E-state index contributed by atoms with van der Waals surface area (Å²) < 4.78 is 5.49. The maximum Gasteiger partial charge on any atom is 0.0755 e. The standard InChI is InChI=1S/C9H16O/c1-2-3-6-9-7-4-5-8-10-9/h3,6,9H,2,4-5,7-8H2,1H3/b6-3+. The molecule has 0 amide bonds. The predicted molar refractivity (Wildman–Crippen MR) is 43.0 cm³/mol. The van der Waals surface area contributed by atoms with E-state index in [1.165, 1.54) is 19.3 Å². The summed E-state index contributed by atoms with van der Waals surface area (Å²) in [7, 11) is 0. The average Bonchev–Trinajstić information content (AvgIpc) is 2.03. The summed E-state index contributed by atoms with van der Waals surface area (Å²) in [6, 6.07) is 0. The minimum absolute atomic E-state index is 0.425. The number of rotatable bonds is 2. The average molecular weight is 140 g/mol. The molecule has 1 aliphatic rings. The molecular formula is C9H16O. The van der Waals surface area contributed by atoms with Crippen molar-refractivity contribution < 1.29 is 4.74 Å². The summed E-state index contributed by atoms with van der Waals surface area (Å²) in [5.41, 5.74) is 0. The van der Waals surface area contributed by atoms with Crippen LogP contribution in [0.5, 0.6) is 0 Å². The molecule has 0 aromatic heterocycles. The number of ether oxygens (including phenoxy) is 1. The highest BCUT2D eigenvalue weighted by atomic mass is 16.5. The second-order valence-corrected chi connectivity index (χ2v) is 2.74. The maximum absolute atomic E-state index is 5.49. The third kappa shape index (κ3) is 2.53. The zero-order valence-electron chi connectivity index (χ0n) is 6.68. The zero-order chi connectivity index (χ0) is 7.23. The first-order chi connectivity index (χ1) is 4.93. The molecule has 1 heteroatoms. The van der Waals surface area contributed by atoms with Crippen LogP contribution in [0.15, 0.2) is 12.2 Å². The molecule has 0 spiro atoms. The lowest BCUT2D eigenvalue weighted by molar-refractivity contribution is 0.0465. The van der Waals surface area contributed by atoms with Crippen molar-refractivity contribution in [2.45, 2.75) is 38.7 Å². The van der Waals surface area contributed by atoms with Gasteiger partial charge in [-0.2, -0.15) is 0 Å². The monoisotopic (exact) mass is 140 g/mol. The highest BCUT2D eigenvalue weighted by molar-refractivity contribution is 4.89. The topological polar surface area (TPSA) is 9.23 Å². The van der Waals surface area contributed by atoms with E-state index in [4.69, 9.17) is 4.74 Å². The normalized spacial score (nSPS) is 27.5. The summed E-state index contributed by atoms with van der Waals surface area (Å²) >= 11 is 0. The third-order valence-electron chi connectivity index (χ3n) is 1.80. The van der Waals surface area contributed by atoms with Crippen molar-refractivity contribution in [2.75, 3.05) is 6.61 Å². The zero-order valence-corrected chi connectivity index (χ0v) is 6.68. The number of hydrogen-bond acceptors (Lipinski definition) is 1. The van der Waals surface area contributed by atoms with Crippen molar-refractivity contribution >= 4 is 0 Å². The molecule has 1 aliphatic heterocycles. The van der Waals surface area contributed by atoms with Gasteiger partial charge in [-0.1, -0.05) is 19.1 Å². The van der Waals surface area contributed by atoms with Crippen LogP contribution < -0.4 is 0 Å². The smallest absolute Gasteiger partial charge is 0.0755 e. The Balaban J connectivity index is 2.19. The van der Waals surface area contributed by atoms with Gasteiger partial charge in [-0.3, -0.25) is 0 Å². The van der Waals surface area contributed by atoms with Gasteiger partial charge in [0.05, 0.1) is 6.10 Å². The molecule has 1 fully saturated rings. The van der Waals surface area contributed by atoms with Crippen LogP contribution in [0, 0.1) is 0 Å². The summed E-state index contributed by atoms with van der Waals surface area (Å²) in [6.45, 7) is 3.11. The van der Waals surface area contributed by atoms with Gasteiger partial charge in [0.2, 0.25) is 0 Å². The summed E-state index contributed by atoms with van der Waals surface area (Å²) in [4.78, 5) is 0. The van der Waals surface area contributed by atoms with Gasteiger partial charge in [-0.05, 0) is 25.7 Å². The third-order valence-corrected chi connectivity index (χ3v) is 1.80. The lowest BCUT2D eigenvalue weighted by Crippen LogP contribution is -2.15. The molecular weight excluding hydrogens is 124 g/mol. The second-order valence-electron chi connectivity index (χ2n) is 2.74. The van der Waals surface area contributed by atoms with Gasteiger partial charge in [0.1, 0.15) is 0 Å². The van der Waals surface area contributed by atoms with E-state index in [9.17, 15) is 0 Å². The first kappa shape index (κ1) is 7.80. The van der Waals surface area contributed by atoms with E-state index in [1.54, 1.807) is 0 Å². The lowest BCUT2D eigenvalue weighted by Gasteiger charge is -2.18. The molecule has 0 aromatic rings. The van der Waals surface area contributed by atoms with Crippen LogP contribution in [-0.2, 0) is 4.74 Å². The molecule has 10 heavy (non-hydrogen) atoms. The molecule has 1 rings (SSSR count). The quantitative estimate of drug-likeness (QED) is 0.535. The Hall–Kier alpha value is -0.300. The molecule has 1 atom stereocenters. The van der Waals surface area contributed by atoms with Crippen LogP contribution in [0.25, 0.3) is 0 Å². The van der Waals surface area contributed by atoms with Crippen LogP contribution in [-0.4, -0.2) is 12.7 Å². The molecule has 1 saturated heterocycles. The van der Waals surface area contributed by atoms with Crippen molar-refractivity contribution in [3.63, 3.8) is 0 Å². The van der Waals surface area contributed by atoms with E-state index >= 15 is 0 Å². The minimum Gasteiger partial charge on any atom is -0.374 e. The van der Waals surface area contributed by atoms with Crippen LogP contribution in [0.4, 0.5) is 0 Å². The van der Waals surface area contributed by atoms with Crippen LogP contribution in [0.3, 0.4) is 0 Å². The fraction of sp³-hybridized carbons (Fsp3) is 0.778. The highest BCUT2D eigenvalue weighted by Gasteiger charge is 2.08. The second kappa shape index (κ2) is 4.51. The van der Waals surface area contributed by atoms with Gasteiger partial charge >= 0.3 is 0 Å². The van der Waals surface area contributed by atoms with Crippen molar-refractivity contribution in [1.82, 2.24) is 0 Å². The van der Waals surface area contributed by atoms with E-state index in [2.05, 4.69) is 19.1 Å². The Morgan fingerprint density at radius 1 is 1.50 bits per heavy atom. The first-order valence-corrected chi connectivity index (χ1v) is 4.21. The van der Waals surface area contributed by atoms with E-state index in [0.29, 0.717) is 6.10 Å². The Morgan fingerprint density at radius 2 is 2.40 bits per heavy atom. The Kier molecular flexibility index (Phi) is 3.52. The fourth-order valence-corrected chi connectivity index (χ4v) is 1.21. The number of hydrogen-bond donors (Lipinski definition) is 0. The minimum atomic E-state index is 0.425. The largest absolute Gasteiger partial charge is 0.374 e. The van der Waals surface area contributed by atoms with Crippen LogP contribution in [0.2, 0.25) is 0 Å². The molecule has 0 aliphatic carbocycles. The highest BCUT2D eigenvalue weighted by Crippen LogP contribution is 2.13. The Labute approximate surface area is 63.1 Å². The molecule has 0 saturated carbocycles. The molecule has 0 radical (unpaired) electrons. The predicted octanol–water partition coefficient (Wildman–Crippen LogP) is 2.52. The SMILES string of the molecule is CC/C=C/C1CCCCO1. The Morgan fingerprint density at radius 3 is 3.00 bits per heavy atom. The summed E-state index contributed by atoms with van der Waals surface area (Å²) in [5.74, 6) is 0. The van der Waals surface area contributed by atoms with Crippen molar-refractivity contribution in [1.29, 1.82) is 0 Å². The van der Waals surface area contributed by atoms with Gasteiger partial charge in [0.25, 0.3) is 0 Å². The summed E-state index contributed by atoms with van der Waals surface area (Å²) in [5, 5.41) is 0. The van der Waals surface area contributed by atoms with Gasteiger partial charge in [0, 0.05) is 6.61 Å². The molecule has 0 N–H and O–H groups in total. The maximum atomic E-state index is 5.49. The van der Waals surface area contributed by atoms with E-state index in [-0.39, 0.29) is 0 Å². The summed E-state index contributed by atoms with van der Waals surface area (Å²) in [6.07, 6.45) is 9.73. The Bertz CT molecular complexity index is 101. The van der Waals surface area contributed by atoms with Crippen molar-refractivity contribution in [2.24, 2.45) is 0 Å². The first-order valence-electron chi connectivity index (χ1n) is 4.21. The fourth-order valence-electron chi connectivity index (χ4n) is 1.21. The number of allylic oxidation sites excluding steroid dienone is 1. The lowest BCUT2D eigenvalue weighted by atomic mass is 10.1. The molecule has 0 aromatic carbocycles. The van der Waals surface area contributed by atoms with Gasteiger partial charge in [0.15, 0.2) is 0 Å². The van der Waals surface area contributed by atoms with E-state index < -0.39 is 0 Å². The van der Waals surface area contributed by atoms with Gasteiger partial charge < -0.3 is 4.74 Å². The molecule has 1 unspecified atom stereocenters. The van der Waals surface area contributed by atoms with Crippen LogP contribution in [0.1, 0.15) is 32.6 Å². The molecule has 1 nitrogen and oxygen atoms in total. The van der Waals surface area contributed by atoms with E-state index in [1.807, 2.05) is 0 Å².